The Morgan fingerprint density at radius 2 is 1.81 bits per heavy atom. The average molecular weight is 212 g/mol. The van der Waals surface area contributed by atoms with Gasteiger partial charge < -0.3 is 4.79 Å². The molecule has 0 amide bonds. The van der Waals surface area contributed by atoms with Crippen LogP contribution in [0, 0.1) is 0 Å². The van der Waals surface area contributed by atoms with Gasteiger partial charge in [-0.05, 0) is 29.7 Å². The molecule has 0 spiro atoms. The Kier molecular flexibility index (Phi) is 2.78. The summed E-state index contributed by atoms with van der Waals surface area (Å²) in [6.07, 6.45) is 1.89. The van der Waals surface area contributed by atoms with Gasteiger partial charge in [0.2, 0.25) is 0 Å². The summed E-state index contributed by atoms with van der Waals surface area (Å²) < 4.78 is 0. The maximum absolute atomic E-state index is 11.3. The van der Waals surface area contributed by atoms with E-state index in [2.05, 4.69) is 31.2 Å². The highest BCUT2D eigenvalue weighted by Gasteiger charge is 2.25. The smallest absolute Gasteiger partial charge is 0.130 e. The van der Waals surface area contributed by atoms with Crippen molar-refractivity contribution in [1.82, 2.24) is 0 Å². The summed E-state index contributed by atoms with van der Waals surface area (Å²) >= 11 is 0. The largest absolute Gasteiger partial charge is 0.302 e. The van der Waals surface area contributed by atoms with Crippen LogP contribution in [0.5, 0.6) is 0 Å². The van der Waals surface area contributed by atoms with Gasteiger partial charge in [0, 0.05) is 5.41 Å². The van der Waals surface area contributed by atoms with Crippen LogP contribution in [0.1, 0.15) is 25.8 Å². The number of carbonyl (C=O) groups excluding carboxylic acids is 1. The summed E-state index contributed by atoms with van der Waals surface area (Å²) in [5, 5.41) is 2.38. The van der Waals surface area contributed by atoms with E-state index < -0.39 is 0 Å². The molecule has 0 radical (unpaired) electrons. The Morgan fingerprint density at radius 3 is 2.50 bits per heavy atom. The van der Waals surface area contributed by atoms with Crippen LogP contribution in [0.15, 0.2) is 42.5 Å². The summed E-state index contributed by atoms with van der Waals surface area (Å²) in [7, 11) is 0. The third-order valence-electron chi connectivity index (χ3n) is 3.40. The minimum Gasteiger partial charge on any atom is -0.302 e. The van der Waals surface area contributed by atoms with Crippen LogP contribution < -0.4 is 0 Å². The van der Waals surface area contributed by atoms with Gasteiger partial charge in [0.25, 0.3) is 0 Å². The molecule has 2 aromatic rings. The van der Waals surface area contributed by atoms with Crippen LogP contribution in [0.3, 0.4) is 0 Å². The molecule has 82 valence electrons. The van der Waals surface area contributed by atoms with E-state index in [9.17, 15) is 4.79 Å². The van der Waals surface area contributed by atoms with Gasteiger partial charge in [-0.3, -0.25) is 0 Å². The van der Waals surface area contributed by atoms with Crippen LogP contribution in [0.2, 0.25) is 0 Å². The SMILES string of the molecule is CCC(C)(C=O)c1cccc2ccccc12. The van der Waals surface area contributed by atoms with Crippen molar-refractivity contribution in [3.05, 3.63) is 48.0 Å². The first-order valence-corrected chi connectivity index (χ1v) is 5.66. The number of benzene rings is 2. The number of fused-ring (bicyclic) bond motifs is 1. The Bertz CT molecular complexity index is 510. The van der Waals surface area contributed by atoms with E-state index in [0.717, 1.165) is 18.3 Å². The van der Waals surface area contributed by atoms with E-state index in [1.54, 1.807) is 0 Å². The second-order valence-corrected chi connectivity index (χ2v) is 4.42. The number of aldehydes is 1. The van der Waals surface area contributed by atoms with Crippen molar-refractivity contribution in [1.29, 1.82) is 0 Å². The summed E-state index contributed by atoms with van der Waals surface area (Å²) in [4.78, 5) is 11.3. The Labute approximate surface area is 96.1 Å². The molecule has 0 aliphatic carbocycles. The molecule has 1 heteroatoms. The highest BCUT2D eigenvalue weighted by Crippen LogP contribution is 2.31. The molecule has 0 aliphatic heterocycles. The molecule has 0 saturated heterocycles. The van der Waals surface area contributed by atoms with Crippen LogP contribution in [-0.4, -0.2) is 6.29 Å². The normalized spacial score (nSPS) is 14.6. The van der Waals surface area contributed by atoms with Crippen LogP contribution in [0.4, 0.5) is 0 Å². The zero-order chi connectivity index (χ0) is 11.6. The quantitative estimate of drug-likeness (QED) is 0.709. The maximum Gasteiger partial charge on any atom is 0.130 e. The topological polar surface area (TPSA) is 17.1 Å². The first kappa shape index (κ1) is 10.9. The minimum atomic E-state index is -0.374. The molecule has 0 aliphatic rings. The predicted molar refractivity (Wildman–Crippen MR) is 67.7 cm³/mol. The van der Waals surface area contributed by atoms with Gasteiger partial charge in [-0.15, -0.1) is 0 Å². The molecule has 1 nitrogen and oxygen atoms in total. The second-order valence-electron chi connectivity index (χ2n) is 4.42. The third kappa shape index (κ3) is 1.63. The van der Waals surface area contributed by atoms with Gasteiger partial charge in [-0.1, -0.05) is 49.4 Å². The average Bonchev–Trinajstić information content (AvgIpc) is 2.37. The highest BCUT2D eigenvalue weighted by molar-refractivity contribution is 5.89. The second kappa shape index (κ2) is 4.09. The van der Waals surface area contributed by atoms with Gasteiger partial charge in [0.15, 0.2) is 0 Å². The standard InChI is InChI=1S/C15H16O/c1-3-15(2,11-16)14-10-6-8-12-7-4-5-9-13(12)14/h4-11H,3H2,1-2H3. The molecular formula is C15H16O. The van der Waals surface area contributed by atoms with E-state index in [1.807, 2.05) is 25.1 Å². The van der Waals surface area contributed by atoms with Crippen molar-refractivity contribution < 1.29 is 4.79 Å². The summed E-state index contributed by atoms with van der Waals surface area (Å²) in [6.45, 7) is 4.05. The van der Waals surface area contributed by atoms with Crippen LogP contribution in [0.25, 0.3) is 10.8 Å². The Morgan fingerprint density at radius 1 is 1.12 bits per heavy atom. The lowest BCUT2D eigenvalue weighted by atomic mass is 9.79. The molecule has 0 aromatic heterocycles. The van der Waals surface area contributed by atoms with Gasteiger partial charge >= 0.3 is 0 Å². The molecule has 0 fully saturated rings. The first-order valence-electron chi connectivity index (χ1n) is 5.66. The van der Waals surface area contributed by atoms with Crippen molar-refractivity contribution in [3.8, 4) is 0 Å². The van der Waals surface area contributed by atoms with E-state index >= 15 is 0 Å². The molecule has 2 aromatic carbocycles. The molecule has 1 unspecified atom stereocenters. The van der Waals surface area contributed by atoms with Gasteiger partial charge in [-0.2, -0.15) is 0 Å². The first-order chi connectivity index (χ1) is 7.71. The molecular weight excluding hydrogens is 196 g/mol. The molecule has 16 heavy (non-hydrogen) atoms. The van der Waals surface area contributed by atoms with Crippen molar-refractivity contribution in [2.45, 2.75) is 25.7 Å². The lowest BCUT2D eigenvalue weighted by Gasteiger charge is -2.23. The zero-order valence-electron chi connectivity index (χ0n) is 9.73. The molecule has 1 atom stereocenters. The Balaban J connectivity index is 2.73. The monoisotopic (exact) mass is 212 g/mol. The zero-order valence-corrected chi connectivity index (χ0v) is 9.73. The third-order valence-corrected chi connectivity index (χ3v) is 3.40. The summed E-state index contributed by atoms with van der Waals surface area (Å²) in [5.74, 6) is 0. The van der Waals surface area contributed by atoms with Crippen molar-refractivity contribution >= 4 is 17.1 Å². The molecule has 0 N–H and O–H groups in total. The van der Waals surface area contributed by atoms with E-state index in [-0.39, 0.29) is 5.41 Å². The lowest BCUT2D eigenvalue weighted by Crippen LogP contribution is -2.22. The fraction of sp³-hybridized carbons (Fsp3) is 0.267. The van der Waals surface area contributed by atoms with E-state index in [1.165, 1.54) is 10.8 Å². The lowest BCUT2D eigenvalue weighted by molar-refractivity contribution is -0.112. The van der Waals surface area contributed by atoms with Crippen molar-refractivity contribution in [2.75, 3.05) is 0 Å². The number of hydrogen-bond donors (Lipinski definition) is 0. The van der Waals surface area contributed by atoms with Crippen molar-refractivity contribution in [2.24, 2.45) is 0 Å². The summed E-state index contributed by atoms with van der Waals surface area (Å²) in [6, 6.07) is 14.4. The molecule has 0 heterocycles. The predicted octanol–water partition coefficient (Wildman–Crippen LogP) is 3.71. The van der Waals surface area contributed by atoms with Crippen LogP contribution in [-0.2, 0) is 10.2 Å². The highest BCUT2D eigenvalue weighted by atomic mass is 16.1. The molecule has 2 rings (SSSR count). The van der Waals surface area contributed by atoms with Gasteiger partial charge in [0.1, 0.15) is 6.29 Å². The van der Waals surface area contributed by atoms with E-state index in [4.69, 9.17) is 0 Å². The fourth-order valence-corrected chi connectivity index (χ4v) is 2.06. The van der Waals surface area contributed by atoms with Gasteiger partial charge in [0.05, 0.1) is 0 Å². The fourth-order valence-electron chi connectivity index (χ4n) is 2.06. The number of carbonyl (C=O) groups is 1. The van der Waals surface area contributed by atoms with Crippen molar-refractivity contribution in [3.63, 3.8) is 0 Å². The number of hydrogen-bond acceptors (Lipinski definition) is 1. The number of rotatable bonds is 3. The summed E-state index contributed by atoms with van der Waals surface area (Å²) in [5.41, 5.74) is 0.754. The molecule has 0 bridgehead atoms. The Hall–Kier alpha value is -1.63. The van der Waals surface area contributed by atoms with E-state index in [0.29, 0.717) is 0 Å². The van der Waals surface area contributed by atoms with Crippen LogP contribution >= 0.6 is 0 Å². The maximum atomic E-state index is 11.3. The van der Waals surface area contributed by atoms with Gasteiger partial charge in [-0.25, -0.2) is 0 Å². The molecule has 0 saturated carbocycles. The minimum absolute atomic E-state index is 0.374.